The number of hydrogen-bond donors (Lipinski definition) is 2. The Morgan fingerprint density at radius 3 is 2.55 bits per heavy atom. The van der Waals surface area contributed by atoms with E-state index in [1.54, 1.807) is 12.1 Å². The summed E-state index contributed by atoms with van der Waals surface area (Å²) in [7, 11) is 0. The van der Waals surface area contributed by atoms with Gasteiger partial charge in [-0.05, 0) is 30.5 Å². The molecule has 0 atom stereocenters. The van der Waals surface area contributed by atoms with Crippen molar-refractivity contribution in [1.82, 2.24) is 5.32 Å². The zero-order valence-corrected chi connectivity index (χ0v) is 12.8. The number of carbonyl (C=O) groups excluding carboxylic acids is 1. The molecule has 1 aromatic rings. The number of amides is 1. The highest BCUT2D eigenvalue weighted by atomic mass is 35.5. The van der Waals surface area contributed by atoms with Crippen molar-refractivity contribution in [3.8, 4) is 0 Å². The van der Waals surface area contributed by atoms with E-state index < -0.39 is 0 Å². The first kappa shape index (κ1) is 16.7. The molecule has 3 nitrogen and oxygen atoms in total. The van der Waals surface area contributed by atoms with Crippen LogP contribution in [-0.2, 0) is 4.79 Å². The lowest BCUT2D eigenvalue weighted by Gasteiger charge is -2.29. The molecule has 0 aliphatic rings. The average Bonchev–Trinajstić information content (AvgIpc) is 2.48. The first-order valence-electron chi connectivity index (χ1n) is 6.88. The van der Waals surface area contributed by atoms with Crippen molar-refractivity contribution in [2.24, 2.45) is 5.41 Å². The van der Waals surface area contributed by atoms with Crippen LogP contribution in [0.1, 0.15) is 32.3 Å². The SMILES string of the molecule is CCC(CC)(CO)CNC(=O)/C=C/c1ccccc1Cl. The third-order valence-electron chi connectivity index (χ3n) is 3.79. The summed E-state index contributed by atoms with van der Waals surface area (Å²) in [6.45, 7) is 4.59. The molecule has 2 N–H and O–H groups in total. The fourth-order valence-corrected chi connectivity index (χ4v) is 2.09. The van der Waals surface area contributed by atoms with E-state index in [2.05, 4.69) is 5.32 Å². The monoisotopic (exact) mass is 295 g/mol. The van der Waals surface area contributed by atoms with Crippen molar-refractivity contribution >= 4 is 23.6 Å². The molecule has 4 heteroatoms. The van der Waals surface area contributed by atoms with Crippen molar-refractivity contribution in [2.75, 3.05) is 13.2 Å². The van der Waals surface area contributed by atoms with Crippen LogP contribution in [0.2, 0.25) is 5.02 Å². The van der Waals surface area contributed by atoms with Crippen molar-refractivity contribution < 1.29 is 9.90 Å². The van der Waals surface area contributed by atoms with E-state index in [-0.39, 0.29) is 17.9 Å². The van der Waals surface area contributed by atoms with Gasteiger partial charge in [-0.25, -0.2) is 0 Å². The summed E-state index contributed by atoms with van der Waals surface area (Å²) in [5.41, 5.74) is 0.581. The lowest BCUT2D eigenvalue weighted by Crippen LogP contribution is -2.38. The molecule has 0 unspecified atom stereocenters. The molecule has 0 spiro atoms. The second-order valence-electron chi connectivity index (χ2n) is 4.94. The highest BCUT2D eigenvalue weighted by Crippen LogP contribution is 2.24. The minimum absolute atomic E-state index is 0.0779. The number of aliphatic hydroxyl groups excluding tert-OH is 1. The van der Waals surface area contributed by atoms with Crippen LogP contribution < -0.4 is 5.32 Å². The Hall–Kier alpha value is -1.32. The Kier molecular flexibility index (Phi) is 6.76. The lowest BCUT2D eigenvalue weighted by molar-refractivity contribution is -0.117. The molecular weight excluding hydrogens is 274 g/mol. The summed E-state index contributed by atoms with van der Waals surface area (Å²) in [4.78, 5) is 11.8. The van der Waals surface area contributed by atoms with E-state index in [9.17, 15) is 9.90 Å². The highest BCUT2D eigenvalue weighted by molar-refractivity contribution is 6.32. The number of carbonyl (C=O) groups is 1. The summed E-state index contributed by atoms with van der Waals surface area (Å²) in [5, 5.41) is 12.9. The molecule has 110 valence electrons. The molecule has 0 bridgehead atoms. The van der Waals surface area contributed by atoms with Crippen LogP contribution in [0, 0.1) is 5.41 Å². The smallest absolute Gasteiger partial charge is 0.244 e. The van der Waals surface area contributed by atoms with Gasteiger partial charge in [-0.3, -0.25) is 4.79 Å². The molecule has 0 fully saturated rings. The molecule has 0 heterocycles. The molecule has 0 aliphatic heterocycles. The van der Waals surface area contributed by atoms with E-state index in [1.165, 1.54) is 6.08 Å². The second kappa shape index (κ2) is 8.08. The Bertz CT molecular complexity index is 459. The van der Waals surface area contributed by atoms with Gasteiger partial charge in [0.15, 0.2) is 0 Å². The fourth-order valence-electron chi connectivity index (χ4n) is 1.89. The molecule has 20 heavy (non-hydrogen) atoms. The van der Waals surface area contributed by atoms with Gasteiger partial charge in [0.1, 0.15) is 0 Å². The van der Waals surface area contributed by atoms with E-state index in [1.807, 2.05) is 32.0 Å². The first-order valence-corrected chi connectivity index (χ1v) is 7.26. The van der Waals surface area contributed by atoms with Crippen LogP contribution in [0.5, 0.6) is 0 Å². The standard InChI is InChI=1S/C16H22ClNO2/c1-3-16(4-2,12-19)11-18-15(20)10-9-13-7-5-6-8-14(13)17/h5-10,19H,3-4,11-12H2,1-2H3,(H,18,20)/b10-9+. The van der Waals surface area contributed by atoms with Crippen molar-refractivity contribution in [1.29, 1.82) is 0 Å². The topological polar surface area (TPSA) is 49.3 Å². The normalized spacial score (nSPS) is 11.8. The Balaban J connectivity index is 2.58. The maximum Gasteiger partial charge on any atom is 0.244 e. The van der Waals surface area contributed by atoms with Gasteiger partial charge in [-0.2, -0.15) is 0 Å². The number of hydrogen-bond acceptors (Lipinski definition) is 2. The van der Waals surface area contributed by atoms with Crippen LogP contribution in [0.4, 0.5) is 0 Å². The molecular formula is C16H22ClNO2. The lowest BCUT2D eigenvalue weighted by atomic mass is 9.83. The number of benzene rings is 1. The highest BCUT2D eigenvalue weighted by Gasteiger charge is 2.25. The van der Waals surface area contributed by atoms with Gasteiger partial charge >= 0.3 is 0 Å². The van der Waals surface area contributed by atoms with Crippen molar-refractivity contribution in [2.45, 2.75) is 26.7 Å². The van der Waals surface area contributed by atoms with Crippen LogP contribution in [-0.4, -0.2) is 24.2 Å². The molecule has 1 amide bonds. The predicted molar refractivity (Wildman–Crippen MR) is 83.6 cm³/mol. The van der Waals surface area contributed by atoms with E-state index in [0.717, 1.165) is 18.4 Å². The van der Waals surface area contributed by atoms with E-state index in [0.29, 0.717) is 11.6 Å². The number of aliphatic hydroxyl groups is 1. The second-order valence-corrected chi connectivity index (χ2v) is 5.35. The van der Waals surface area contributed by atoms with Gasteiger partial charge in [0.2, 0.25) is 5.91 Å². The summed E-state index contributed by atoms with van der Waals surface area (Å²) >= 11 is 6.01. The van der Waals surface area contributed by atoms with Crippen LogP contribution in [0.15, 0.2) is 30.3 Å². The van der Waals surface area contributed by atoms with E-state index >= 15 is 0 Å². The van der Waals surface area contributed by atoms with Gasteiger partial charge < -0.3 is 10.4 Å². The van der Waals surface area contributed by atoms with Crippen molar-refractivity contribution in [3.05, 3.63) is 40.9 Å². The predicted octanol–water partition coefficient (Wildman–Crippen LogP) is 3.27. The van der Waals surface area contributed by atoms with Gasteiger partial charge in [0.05, 0.1) is 6.61 Å². The zero-order valence-electron chi connectivity index (χ0n) is 12.0. The van der Waals surface area contributed by atoms with Gasteiger partial charge in [0.25, 0.3) is 0 Å². The maximum absolute atomic E-state index is 11.8. The molecule has 0 saturated carbocycles. The Morgan fingerprint density at radius 1 is 1.35 bits per heavy atom. The van der Waals surface area contributed by atoms with E-state index in [4.69, 9.17) is 11.6 Å². The summed E-state index contributed by atoms with van der Waals surface area (Å²) in [6.07, 6.45) is 4.81. The largest absolute Gasteiger partial charge is 0.396 e. The van der Waals surface area contributed by atoms with Crippen LogP contribution >= 0.6 is 11.6 Å². The summed E-state index contributed by atoms with van der Waals surface area (Å²) in [6, 6.07) is 7.35. The maximum atomic E-state index is 11.8. The molecule has 1 aromatic carbocycles. The molecule has 0 saturated heterocycles. The minimum atomic E-state index is -0.228. The molecule has 0 radical (unpaired) electrons. The molecule has 0 aromatic heterocycles. The quantitative estimate of drug-likeness (QED) is 0.759. The number of nitrogens with one attached hydrogen (secondary N) is 1. The Morgan fingerprint density at radius 2 is 2.00 bits per heavy atom. The van der Waals surface area contributed by atoms with Crippen LogP contribution in [0.3, 0.4) is 0 Å². The average molecular weight is 296 g/mol. The third kappa shape index (κ3) is 4.66. The Labute approximate surface area is 125 Å². The molecule has 0 aliphatic carbocycles. The van der Waals surface area contributed by atoms with Gasteiger partial charge in [0, 0.05) is 23.1 Å². The van der Waals surface area contributed by atoms with Crippen LogP contribution in [0.25, 0.3) is 6.08 Å². The van der Waals surface area contributed by atoms with Gasteiger partial charge in [-0.15, -0.1) is 0 Å². The third-order valence-corrected chi connectivity index (χ3v) is 4.14. The summed E-state index contributed by atoms with van der Waals surface area (Å²) in [5.74, 6) is -0.176. The first-order chi connectivity index (χ1) is 9.56. The van der Waals surface area contributed by atoms with Gasteiger partial charge in [-0.1, -0.05) is 43.6 Å². The zero-order chi connectivity index (χ0) is 15.0. The summed E-state index contributed by atoms with van der Waals surface area (Å²) < 4.78 is 0. The number of rotatable bonds is 7. The molecule has 1 rings (SSSR count). The number of halogens is 1. The van der Waals surface area contributed by atoms with Crippen molar-refractivity contribution in [3.63, 3.8) is 0 Å². The fraction of sp³-hybridized carbons (Fsp3) is 0.438. The minimum Gasteiger partial charge on any atom is -0.396 e.